The lowest BCUT2D eigenvalue weighted by Gasteiger charge is -2.32. The summed E-state index contributed by atoms with van der Waals surface area (Å²) < 4.78 is 39.4. The van der Waals surface area contributed by atoms with E-state index in [4.69, 9.17) is 11.1 Å². The highest BCUT2D eigenvalue weighted by molar-refractivity contribution is 6.44. The molecule has 35 heavy (non-hydrogen) atoms. The number of primary amides is 1. The summed E-state index contributed by atoms with van der Waals surface area (Å²) in [6, 6.07) is 0.0894. The predicted molar refractivity (Wildman–Crippen MR) is 123 cm³/mol. The Kier molecular flexibility index (Phi) is 8.34. The zero-order valence-corrected chi connectivity index (χ0v) is 19.5. The average Bonchev–Trinajstić information content (AvgIpc) is 3.27. The highest BCUT2D eigenvalue weighted by atomic mass is 19.4. The first-order chi connectivity index (χ1) is 16.5. The summed E-state index contributed by atoms with van der Waals surface area (Å²) in [5, 5.41) is 13.5. The van der Waals surface area contributed by atoms with E-state index in [1.165, 1.54) is 23.4 Å². The molecule has 3 rings (SSSR count). The van der Waals surface area contributed by atoms with Crippen molar-refractivity contribution < 1.29 is 27.6 Å². The van der Waals surface area contributed by atoms with E-state index in [1.54, 1.807) is 0 Å². The number of carbonyl (C=O) groups is 3. The Balaban J connectivity index is 1.66. The van der Waals surface area contributed by atoms with Crippen LogP contribution in [0.2, 0.25) is 0 Å². The number of alkyl halides is 3. The van der Waals surface area contributed by atoms with E-state index in [9.17, 15) is 27.6 Å². The number of pyridine rings is 1. The van der Waals surface area contributed by atoms with Gasteiger partial charge in [-0.25, -0.2) is 0 Å². The van der Waals surface area contributed by atoms with E-state index in [2.05, 4.69) is 15.6 Å². The third kappa shape index (κ3) is 6.49. The molecule has 0 aromatic carbocycles. The minimum atomic E-state index is -4.28. The molecule has 1 saturated carbocycles. The number of anilines is 1. The Labute approximate surface area is 201 Å². The largest absolute Gasteiger partial charge is 0.391 e. The van der Waals surface area contributed by atoms with Gasteiger partial charge >= 0.3 is 6.18 Å². The van der Waals surface area contributed by atoms with Crippen LogP contribution >= 0.6 is 0 Å². The summed E-state index contributed by atoms with van der Waals surface area (Å²) in [5.41, 5.74) is 5.22. The molecule has 0 bridgehead atoms. The first kappa shape index (κ1) is 26.4. The molecule has 2 heterocycles. The van der Waals surface area contributed by atoms with Gasteiger partial charge in [0.25, 0.3) is 5.91 Å². The van der Waals surface area contributed by atoms with Gasteiger partial charge in [-0.15, -0.1) is 0 Å². The first-order valence-corrected chi connectivity index (χ1v) is 11.7. The smallest absolute Gasteiger partial charge is 0.374 e. The number of nitrogens with zero attached hydrogens (tertiary/aromatic N) is 2. The van der Waals surface area contributed by atoms with E-state index < -0.39 is 41.7 Å². The number of nitrogens with two attached hydrogens (primary N) is 1. The fraction of sp³-hybridized carbons (Fsp3) is 0.609. The number of nitrogens with one attached hydrogen (secondary N) is 3. The highest BCUT2D eigenvalue weighted by Crippen LogP contribution is 2.37. The number of likely N-dealkylation sites (tertiary alicyclic amines) is 1. The van der Waals surface area contributed by atoms with Crippen molar-refractivity contribution in [2.75, 3.05) is 18.4 Å². The molecule has 3 amide bonds. The second-order valence-electron chi connectivity index (χ2n) is 9.20. The van der Waals surface area contributed by atoms with Crippen LogP contribution in [-0.4, -0.2) is 64.7 Å². The van der Waals surface area contributed by atoms with Crippen molar-refractivity contribution in [1.82, 2.24) is 15.2 Å². The quantitative estimate of drug-likeness (QED) is 0.409. The summed E-state index contributed by atoms with van der Waals surface area (Å²) in [5.74, 6) is -3.06. The summed E-state index contributed by atoms with van der Waals surface area (Å²) in [6.45, 7) is 2.10. The summed E-state index contributed by atoms with van der Waals surface area (Å²) in [7, 11) is 0. The summed E-state index contributed by atoms with van der Waals surface area (Å²) >= 11 is 0. The van der Waals surface area contributed by atoms with Gasteiger partial charge in [0.2, 0.25) is 11.8 Å². The van der Waals surface area contributed by atoms with E-state index in [-0.39, 0.29) is 42.5 Å². The molecule has 1 aliphatic carbocycles. The van der Waals surface area contributed by atoms with Crippen LogP contribution in [0, 0.1) is 17.2 Å². The normalized spacial score (nSPS) is 24.6. The molecule has 2 fully saturated rings. The Morgan fingerprint density at radius 3 is 2.66 bits per heavy atom. The molecule has 192 valence electrons. The van der Waals surface area contributed by atoms with Gasteiger partial charge < -0.3 is 21.3 Å². The van der Waals surface area contributed by atoms with Crippen molar-refractivity contribution in [3.05, 3.63) is 24.0 Å². The SMILES string of the molecule is CCC1CC(C(=O)NC2CCCC(C(F)(F)F)C2)N(C(=O)CNc2cnccc2C(=N)C(N)=O)C1. The van der Waals surface area contributed by atoms with Crippen LogP contribution in [0.5, 0.6) is 0 Å². The molecular weight excluding hydrogens is 465 g/mol. The molecule has 0 radical (unpaired) electrons. The van der Waals surface area contributed by atoms with Crippen molar-refractivity contribution in [3.8, 4) is 0 Å². The van der Waals surface area contributed by atoms with E-state index >= 15 is 0 Å². The van der Waals surface area contributed by atoms with Gasteiger partial charge in [-0.05, 0) is 37.7 Å². The number of carbonyl (C=O) groups excluding carboxylic acids is 3. The topological polar surface area (TPSA) is 141 Å². The molecule has 1 aromatic rings. The third-order valence-electron chi connectivity index (χ3n) is 6.84. The number of aromatic nitrogens is 1. The standard InChI is InChI=1S/C23H31F3N6O3/c1-2-13-8-18(22(35)31-15-5-3-4-14(9-15)23(24,25)26)32(12-13)19(33)11-30-17-10-29-7-6-16(17)20(27)21(28)34/h6-7,10,13-15,18,27,30H,2-5,8-9,11-12H2,1H3,(H2,28,34)(H,31,35). The van der Waals surface area contributed by atoms with E-state index in [0.717, 1.165) is 6.42 Å². The van der Waals surface area contributed by atoms with Gasteiger partial charge in [0.15, 0.2) is 0 Å². The Morgan fingerprint density at radius 2 is 2.00 bits per heavy atom. The van der Waals surface area contributed by atoms with E-state index in [1.807, 2.05) is 6.92 Å². The lowest BCUT2D eigenvalue weighted by molar-refractivity contribution is -0.184. The number of hydrogen-bond donors (Lipinski definition) is 4. The fourth-order valence-electron chi connectivity index (χ4n) is 4.82. The van der Waals surface area contributed by atoms with Crippen LogP contribution in [-0.2, 0) is 14.4 Å². The molecule has 1 aromatic heterocycles. The summed E-state index contributed by atoms with van der Waals surface area (Å²) in [4.78, 5) is 42.9. The second kappa shape index (κ2) is 11.0. The van der Waals surface area contributed by atoms with Gasteiger partial charge in [-0.2, -0.15) is 13.2 Å². The van der Waals surface area contributed by atoms with Crippen molar-refractivity contribution in [3.63, 3.8) is 0 Å². The van der Waals surface area contributed by atoms with E-state index in [0.29, 0.717) is 25.8 Å². The lowest BCUT2D eigenvalue weighted by atomic mass is 9.85. The molecule has 4 unspecified atom stereocenters. The van der Waals surface area contributed by atoms with Crippen LogP contribution in [0.1, 0.15) is 51.0 Å². The molecule has 0 spiro atoms. The maximum Gasteiger partial charge on any atom is 0.391 e. The molecule has 2 aliphatic rings. The second-order valence-corrected chi connectivity index (χ2v) is 9.20. The molecule has 1 saturated heterocycles. The van der Waals surface area contributed by atoms with Crippen LogP contribution in [0.15, 0.2) is 18.5 Å². The molecule has 12 heteroatoms. The highest BCUT2D eigenvalue weighted by Gasteiger charge is 2.44. The van der Waals surface area contributed by atoms with Crippen LogP contribution in [0.3, 0.4) is 0 Å². The van der Waals surface area contributed by atoms with Crippen LogP contribution in [0.25, 0.3) is 0 Å². The number of halogens is 3. The maximum atomic E-state index is 13.1. The van der Waals surface area contributed by atoms with Crippen molar-refractivity contribution in [1.29, 1.82) is 5.41 Å². The van der Waals surface area contributed by atoms with Gasteiger partial charge in [-0.3, -0.25) is 24.8 Å². The Bertz CT molecular complexity index is 970. The molecular formula is C23H31F3N6O3. The van der Waals surface area contributed by atoms with Gasteiger partial charge in [0.05, 0.1) is 24.3 Å². The fourth-order valence-corrected chi connectivity index (χ4v) is 4.82. The van der Waals surface area contributed by atoms with Crippen LogP contribution < -0.4 is 16.4 Å². The van der Waals surface area contributed by atoms with Crippen molar-refractivity contribution >= 4 is 29.1 Å². The average molecular weight is 497 g/mol. The number of amides is 3. The summed E-state index contributed by atoms with van der Waals surface area (Å²) in [6.07, 6.45) is 0.446. The monoisotopic (exact) mass is 496 g/mol. The van der Waals surface area contributed by atoms with Gasteiger partial charge in [0, 0.05) is 24.3 Å². The zero-order valence-electron chi connectivity index (χ0n) is 19.5. The van der Waals surface area contributed by atoms with Gasteiger partial charge in [0.1, 0.15) is 11.8 Å². The molecule has 4 atom stereocenters. The Hall–Kier alpha value is -3.18. The number of rotatable bonds is 8. The van der Waals surface area contributed by atoms with Crippen molar-refractivity contribution in [2.45, 2.75) is 63.7 Å². The lowest BCUT2D eigenvalue weighted by Crippen LogP contribution is -2.51. The first-order valence-electron chi connectivity index (χ1n) is 11.7. The maximum absolute atomic E-state index is 13.1. The zero-order chi connectivity index (χ0) is 25.8. The third-order valence-corrected chi connectivity index (χ3v) is 6.84. The minimum Gasteiger partial charge on any atom is -0.374 e. The van der Waals surface area contributed by atoms with Crippen LogP contribution in [0.4, 0.5) is 18.9 Å². The predicted octanol–water partition coefficient (Wildman–Crippen LogP) is 2.21. The molecule has 9 nitrogen and oxygen atoms in total. The molecule has 5 N–H and O–H groups in total. The Morgan fingerprint density at radius 1 is 1.26 bits per heavy atom. The van der Waals surface area contributed by atoms with Crippen molar-refractivity contribution in [2.24, 2.45) is 17.6 Å². The molecule has 1 aliphatic heterocycles. The minimum absolute atomic E-state index is 0.0665. The van der Waals surface area contributed by atoms with Gasteiger partial charge in [-0.1, -0.05) is 19.8 Å². The number of hydrogen-bond acceptors (Lipinski definition) is 6.